The molecule has 0 aromatic carbocycles. The van der Waals surface area contributed by atoms with Gasteiger partial charge in [-0.15, -0.1) is 0 Å². The van der Waals surface area contributed by atoms with Crippen LogP contribution in [0.15, 0.2) is 0 Å². The molecule has 0 fully saturated rings. The van der Waals surface area contributed by atoms with Gasteiger partial charge in [-0.2, -0.15) is 43.2 Å². The van der Waals surface area contributed by atoms with Crippen molar-refractivity contribution in [1.82, 2.24) is 0 Å². The maximum atomic E-state index is 12.1. The van der Waals surface area contributed by atoms with Crippen LogP contribution >= 0.6 is 0 Å². The summed E-state index contributed by atoms with van der Waals surface area (Å²) in [5.74, 6) is 0. The number of hydrogen-bond donors (Lipinski definition) is 4. The first-order valence-corrected chi connectivity index (χ1v) is 13.6. The monoisotopic (exact) mass is 558 g/mol. The van der Waals surface area contributed by atoms with Crippen molar-refractivity contribution in [2.45, 2.75) is 101 Å². The SMILES string of the molecule is CCCCCC(C(F)(F)F)S(=O)(=O)O.CCCCCC(C(F)(F)F)S(=O)(=O)O.OCCCCO. The Balaban J connectivity index is -0.000000458. The molecule has 0 aromatic rings. The molecule has 0 bridgehead atoms. The van der Waals surface area contributed by atoms with Gasteiger partial charge in [0.25, 0.3) is 20.2 Å². The van der Waals surface area contributed by atoms with Gasteiger partial charge in [-0.05, 0) is 25.7 Å². The third kappa shape index (κ3) is 21.8. The van der Waals surface area contributed by atoms with Crippen molar-refractivity contribution >= 4 is 20.2 Å². The molecular weight excluding hydrogens is 522 g/mol. The summed E-state index contributed by atoms with van der Waals surface area (Å²) < 4.78 is 131. The standard InChI is InChI=1S/2C7H13F3O3S.C4H10O2/c2*1-2-3-4-5-6(7(8,9)10)14(11,12)13;5-3-1-2-4-6/h2*6H,2-5H2,1H3,(H,11,12,13);5-6H,1-4H2. The summed E-state index contributed by atoms with van der Waals surface area (Å²) in [6.07, 6.45) is -6.79. The minimum Gasteiger partial charge on any atom is -0.396 e. The summed E-state index contributed by atoms with van der Waals surface area (Å²) in [4.78, 5) is 0. The average molecular weight is 559 g/mol. The van der Waals surface area contributed by atoms with Crippen LogP contribution in [0.1, 0.15) is 78.1 Å². The lowest BCUT2D eigenvalue weighted by atomic mass is 10.1. The highest BCUT2D eigenvalue weighted by atomic mass is 32.2. The number of aliphatic hydroxyl groups excluding tert-OH is 2. The summed E-state index contributed by atoms with van der Waals surface area (Å²) in [6, 6.07) is 0. The van der Waals surface area contributed by atoms with Gasteiger partial charge < -0.3 is 10.2 Å². The molecule has 0 aromatic heterocycles. The molecule has 0 saturated heterocycles. The summed E-state index contributed by atoms with van der Waals surface area (Å²) >= 11 is 0. The highest BCUT2D eigenvalue weighted by molar-refractivity contribution is 7.86. The van der Waals surface area contributed by atoms with Crippen LogP contribution in [0.2, 0.25) is 0 Å². The van der Waals surface area contributed by atoms with E-state index in [2.05, 4.69) is 0 Å². The Morgan fingerprint density at radius 1 is 0.588 bits per heavy atom. The molecule has 0 aliphatic heterocycles. The highest BCUT2D eigenvalue weighted by Gasteiger charge is 2.48. The summed E-state index contributed by atoms with van der Waals surface area (Å²) in [6.45, 7) is 3.97. The Bertz CT molecular complexity index is 634. The van der Waals surface area contributed by atoms with Crippen LogP contribution in [0.5, 0.6) is 0 Å². The van der Waals surface area contributed by atoms with E-state index >= 15 is 0 Å². The Hall–Kier alpha value is -0.680. The highest BCUT2D eigenvalue weighted by Crippen LogP contribution is 2.30. The van der Waals surface area contributed by atoms with Crippen LogP contribution in [-0.4, -0.2) is 72.2 Å². The Labute approximate surface area is 197 Å². The van der Waals surface area contributed by atoms with Crippen molar-refractivity contribution in [2.75, 3.05) is 13.2 Å². The van der Waals surface area contributed by atoms with Crippen LogP contribution in [0.25, 0.3) is 0 Å². The molecule has 2 atom stereocenters. The first kappa shape index (κ1) is 37.9. The lowest BCUT2D eigenvalue weighted by Gasteiger charge is -2.16. The zero-order valence-electron chi connectivity index (χ0n) is 19.1. The molecule has 0 amide bonds. The lowest BCUT2D eigenvalue weighted by molar-refractivity contribution is -0.133. The van der Waals surface area contributed by atoms with Gasteiger partial charge in [0.2, 0.25) is 0 Å². The molecule has 2 unspecified atom stereocenters. The van der Waals surface area contributed by atoms with E-state index in [1.165, 1.54) is 0 Å². The average Bonchev–Trinajstić information content (AvgIpc) is 2.64. The summed E-state index contributed by atoms with van der Waals surface area (Å²) in [7, 11) is -10.1. The van der Waals surface area contributed by atoms with E-state index in [9.17, 15) is 43.2 Å². The van der Waals surface area contributed by atoms with E-state index in [0.717, 1.165) is 12.8 Å². The van der Waals surface area contributed by atoms with Crippen molar-refractivity contribution in [3.05, 3.63) is 0 Å². The first-order valence-electron chi connectivity index (χ1n) is 10.6. The Morgan fingerprint density at radius 3 is 1.00 bits per heavy atom. The normalized spacial score (nSPS) is 14.4. The van der Waals surface area contributed by atoms with Crippen molar-refractivity contribution in [1.29, 1.82) is 0 Å². The third-order valence-electron chi connectivity index (χ3n) is 4.16. The van der Waals surface area contributed by atoms with Crippen molar-refractivity contribution in [3.8, 4) is 0 Å². The molecule has 0 saturated carbocycles. The maximum Gasteiger partial charge on any atom is 0.407 e. The molecule has 0 heterocycles. The molecule has 0 radical (unpaired) electrons. The molecule has 34 heavy (non-hydrogen) atoms. The van der Waals surface area contributed by atoms with Gasteiger partial charge in [-0.3, -0.25) is 9.11 Å². The van der Waals surface area contributed by atoms with Crippen molar-refractivity contribution < 1.29 is 62.5 Å². The smallest absolute Gasteiger partial charge is 0.396 e. The molecule has 4 N–H and O–H groups in total. The number of rotatable bonds is 13. The first-order chi connectivity index (χ1) is 15.3. The van der Waals surface area contributed by atoms with E-state index in [4.69, 9.17) is 19.3 Å². The van der Waals surface area contributed by atoms with Crippen LogP contribution in [-0.2, 0) is 20.2 Å². The van der Waals surface area contributed by atoms with E-state index in [-0.39, 0.29) is 26.1 Å². The molecule has 0 rings (SSSR count). The van der Waals surface area contributed by atoms with Gasteiger partial charge in [0, 0.05) is 13.2 Å². The van der Waals surface area contributed by atoms with Gasteiger partial charge in [0.05, 0.1) is 0 Å². The fourth-order valence-corrected chi connectivity index (χ4v) is 3.95. The predicted octanol–water partition coefficient (Wildman–Crippen LogP) is 4.52. The van der Waals surface area contributed by atoms with Gasteiger partial charge in [0.15, 0.2) is 10.5 Å². The van der Waals surface area contributed by atoms with E-state index in [1.807, 2.05) is 0 Å². The zero-order chi connectivity index (χ0) is 27.6. The minimum atomic E-state index is -5.03. The van der Waals surface area contributed by atoms with Gasteiger partial charge in [-0.1, -0.05) is 52.4 Å². The second-order valence-electron chi connectivity index (χ2n) is 7.24. The zero-order valence-corrected chi connectivity index (χ0v) is 20.8. The molecule has 0 aliphatic carbocycles. The number of unbranched alkanes of at least 4 members (excludes halogenated alkanes) is 5. The van der Waals surface area contributed by atoms with Gasteiger partial charge in [0.1, 0.15) is 0 Å². The summed E-state index contributed by atoms with van der Waals surface area (Å²) in [5, 5.41) is 10.9. The minimum absolute atomic E-state index is 0.139. The number of alkyl halides is 6. The molecule has 210 valence electrons. The molecule has 0 aliphatic rings. The number of hydrogen-bond acceptors (Lipinski definition) is 6. The molecular formula is C18H36F6O8S2. The number of aliphatic hydroxyl groups is 2. The Kier molecular flexibility index (Phi) is 20.7. The Morgan fingerprint density at radius 2 is 0.853 bits per heavy atom. The van der Waals surface area contributed by atoms with E-state index in [0.29, 0.717) is 25.7 Å². The topological polar surface area (TPSA) is 149 Å². The van der Waals surface area contributed by atoms with E-state index < -0.39 is 55.9 Å². The van der Waals surface area contributed by atoms with Crippen molar-refractivity contribution in [3.63, 3.8) is 0 Å². The fraction of sp³-hybridized carbons (Fsp3) is 1.00. The van der Waals surface area contributed by atoms with Crippen molar-refractivity contribution in [2.24, 2.45) is 0 Å². The van der Waals surface area contributed by atoms with Gasteiger partial charge in [-0.25, -0.2) is 0 Å². The largest absolute Gasteiger partial charge is 0.407 e. The van der Waals surface area contributed by atoms with Crippen LogP contribution in [0, 0.1) is 0 Å². The predicted molar refractivity (Wildman–Crippen MR) is 114 cm³/mol. The van der Waals surface area contributed by atoms with Crippen LogP contribution in [0.3, 0.4) is 0 Å². The fourth-order valence-electron chi connectivity index (χ4n) is 2.35. The lowest BCUT2D eigenvalue weighted by Crippen LogP contribution is -2.36. The summed E-state index contributed by atoms with van der Waals surface area (Å²) in [5.41, 5.74) is 0. The second-order valence-corrected chi connectivity index (χ2v) is 10.4. The second kappa shape index (κ2) is 18.6. The number of halogens is 6. The van der Waals surface area contributed by atoms with E-state index in [1.54, 1.807) is 13.8 Å². The quantitative estimate of drug-likeness (QED) is 0.146. The van der Waals surface area contributed by atoms with Crippen LogP contribution in [0.4, 0.5) is 26.3 Å². The maximum absolute atomic E-state index is 12.1. The molecule has 0 spiro atoms. The van der Waals surface area contributed by atoms with Crippen LogP contribution < -0.4 is 0 Å². The van der Waals surface area contributed by atoms with Gasteiger partial charge >= 0.3 is 12.4 Å². The molecule has 16 heteroatoms. The molecule has 8 nitrogen and oxygen atoms in total. The third-order valence-corrected chi connectivity index (χ3v) is 6.60.